The number of thioether (sulfide) groups is 1. The third-order valence-electron chi connectivity index (χ3n) is 5.14. The molecule has 0 radical (unpaired) electrons. The van der Waals surface area contributed by atoms with Crippen molar-refractivity contribution in [2.45, 2.75) is 42.4 Å². The Morgan fingerprint density at radius 1 is 1.29 bits per heavy atom. The highest BCUT2D eigenvalue weighted by atomic mass is 35.5. The lowest BCUT2D eigenvalue weighted by molar-refractivity contribution is -0.131. The molecule has 11 heteroatoms. The van der Waals surface area contributed by atoms with Crippen LogP contribution >= 0.6 is 35.0 Å². The van der Waals surface area contributed by atoms with Crippen molar-refractivity contribution in [3.8, 4) is 0 Å². The number of anilines is 1. The molecule has 3 rings (SSSR count). The summed E-state index contributed by atoms with van der Waals surface area (Å²) in [7, 11) is 0. The maximum absolute atomic E-state index is 12.7. The number of carbonyl (C=O) groups excluding carboxylic acids is 2. The van der Waals surface area contributed by atoms with E-state index in [0.29, 0.717) is 17.4 Å². The Labute approximate surface area is 191 Å². The first-order valence-electron chi connectivity index (χ1n) is 9.09. The van der Waals surface area contributed by atoms with Gasteiger partial charge < -0.3 is 4.90 Å². The van der Waals surface area contributed by atoms with Crippen LogP contribution in [-0.4, -0.2) is 45.7 Å². The zero-order valence-electron chi connectivity index (χ0n) is 16.5. The maximum Gasteiger partial charge on any atom is 0.446 e. The second-order valence-electron chi connectivity index (χ2n) is 7.53. The van der Waals surface area contributed by atoms with E-state index < -0.39 is 22.9 Å². The Hall–Kier alpha value is -1.81. The van der Waals surface area contributed by atoms with Crippen LogP contribution in [0.15, 0.2) is 41.4 Å². The monoisotopic (exact) mass is 491 g/mol. The second-order valence-corrected chi connectivity index (χ2v) is 9.44. The molecule has 1 fully saturated rings. The van der Waals surface area contributed by atoms with E-state index in [1.165, 1.54) is 18.2 Å². The molecule has 5 nitrogen and oxygen atoms in total. The van der Waals surface area contributed by atoms with Crippen LogP contribution < -0.4 is 4.90 Å². The van der Waals surface area contributed by atoms with Gasteiger partial charge in [0.1, 0.15) is 11.2 Å². The number of alkyl halides is 3. The van der Waals surface area contributed by atoms with Crippen molar-refractivity contribution in [2.75, 3.05) is 11.6 Å². The molecule has 166 valence electrons. The van der Waals surface area contributed by atoms with Gasteiger partial charge >= 0.3 is 5.51 Å². The van der Waals surface area contributed by atoms with Crippen LogP contribution in [0.4, 0.5) is 18.9 Å². The first-order valence-corrected chi connectivity index (χ1v) is 10.7. The van der Waals surface area contributed by atoms with Crippen molar-refractivity contribution in [1.82, 2.24) is 9.88 Å². The first-order chi connectivity index (χ1) is 14.4. The third-order valence-corrected chi connectivity index (χ3v) is 6.58. The zero-order valence-corrected chi connectivity index (χ0v) is 18.8. The van der Waals surface area contributed by atoms with Gasteiger partial charge in [-0.1, -0.05) is 23.2 Å². The number of ketones is 1. The smallest absolute Gasteiger partial charge is 0.346 e. The normalized spacial score (nSPS) is 18.9. The van der Waals surface area contributed by atoms with Crippen LogP contribution in [-0.2, 0) is 16.1 Å². The molecule has 0 spiro atoms. The molecule has 0 aliphatic carbocycles. The molecule has 1 aliphatic heterocycles. The molecule has 0 saturated carbocycles. The highest BCUT2D eigenvalue weighted by molar-refractivity contribution is 8.00. The molecule has 1 aromatic heterocycles. The summed E-state index contributed by atoms with van der Waals surface area (Å²) < 4.78 is 38.1. The Bertz CT molecular complexity index is 1000. The van der Waals surface area contributed by atoms with E-state index in [9.17, 15) is 22.8 Å². The van der Waals surface area contributed by atoms with Gasteiger partial charge in [-0.15, -0.1) is 0 Å². The molecule has 1 saturated heterocycles. The van der Waals surface area contributed by atoms with Crippen molar-refractivity contribution in [2.24, 2.45) is 0 Å². The van der Waals surface area contributed by atoms with Gasteiger partial charge in [-0.25, -0.2) is 4.98 Å². The average Bonchev–Trinajstić information content (AvgIpc) is 2.92. The molecule has 0 N–H and O–H groups in total. The van der Waals surface area contributed by atoms with Gasteiger partial charge in [-0.2, -0.15) is 13.2 Å². The van der Waals surface area contributed by atoms with Crippen LogP contribution in [0.25, 0.3) is 0 Å². The minimum atomic E-state index is -4.47. The summed E-state index contributed by atoms with van der Waals surface area (Å²) in [4.78, 5) is 31.4. The highest BCUT2D eigenvalue weighted by Gasteiger charge is 2.50. The van der Waals surface area contributed by atoms with Crippen LogP contribution in [0, 0.1) is 0 Å². The Morgan fingerprint density at radius 3 is 2.58 bits per heavy atom. The van der Waals surface area contributed by atoms with E-state index in [1.54, 1.807) is 23.2 Å². The number of hydrogen-bond donors (Lipinski definition) is 0. The number of Topliss-reactive ketones (excluding diaryl/α,β-unsaturated/α-hetero) is 1. The van der Waals surface area contributed by atoms with Gasteiger partial charge in [0, 0.05) is 28.9 Å². The first kappa shape index (κ1) is 23.8. The lowest BCUT2D eigenvalue weighted by atomic mass is 9.90. The fraction of sp³-hybridized carbons (Fsp3) is 0.350. The van der Waals surface area contributed by atoms with Crippen LogP contribution in [0.1, 0.15) is 19.4 Å². The molecule has 1 aliphatic rings. The number of rotatable bonds is 6. The number of halogens is 5. The summed E-state index contributed by atoms with van der Waals surface area (Å²) >= 11 is 11.8. The maximum atomic E-state index is 12.7. The SMILES string of the molecule is CC1(C)C(C(=O)C=O)N(c2ccc(SC(F)(F)F)c(Cl)c2)CN1Cc1ccnc(Cl)c1. The third kappa shape index (κ3) is 5.34. The number of benzene rings is 1. The predicted molar refractivity (Wildman–Crippen MR) is 114 cm³/mol. The minimum Gasteiger partial charge on any atom is -0.346 e. The molecule has 0 amide bonds. The molecule has 2 heterocycles. The summed E-state index contributed by atoms with van der Waals surface area (Å²) in [5.74, 6) is -0.634. The Morgan fingerprint density at radius 2 is 2.00 bits per heavy atom. The van der Waals surface area contributed by atoms with E-state index in [-0.39, 0.29) is 34.6 Å². The average molecular weight is 492 g/mol. The van der Waals surface area contributed by atoms with Gasteiger partial charge in [0.25, 0.3) is 0 Å². The predicted octanol–water partition coefficient (Wildman–Crippen LogP) is 5.20. The van der Waals surface area contributed by atoms with Crippen molar-refractivity contribution in [3.63, 3.8) is 0 Å². The van der Waals surface area contributed by atoms with Gasteiger partial charge in [0.05, 0.1) is 11.7 Å². The van der Waals surface area contributed by atoms with Crippen LogP contribution in [0.5, 0.6) is 0 Å². The molecule has 2 aromatic rings. The fourth-order valence-electron chi connectivity index (χ4n) is 3.69. The van der Waals surface area contributed by atoms with Gasteiger partial charge in [0.2, 0.25) is 5.78 Å². The standard InChI is InChI=1S/C20H18Cl2F3N3O2S/c1-19(2)18(15(30)10-29)28(11-27(19)9-12-5-6-26-17(22)7-12)13-3-4-16(14(21)8-13)31-20(23,24)25/h3-8,10,18H,9,11H2,1-2H3. The number of pyridine rings is 1. The van der Waals surface area contributed by atoms with Gasteiger partial charge in [-0.3, -0.25) is 14.5 Å². The lowest BCUT2D eigenvalue weighted by Gasteiger charge is -2.34. The van der Waals surface area contributed by atoms with Crippen LogP contribution in [0.3, 0.4) is 0 Å². The Balaban J connectivity index is 1.95. The van der Waals surface area contributed by atoms with Gasteiger partial charge in [-0.05, 0) is 61.5 Å². The van der Waals surface area contributed by atoms with E-state index >= 15 is 0 Å². The summed E-state index contributed by atoms with van der Waals surface area (Å²) in [6, 6.07) is 6.76. The Kier molecular flexibility index (Phi) is 6.90. The molecule has 1 atom stereocenters. The van der Waals surface area contributed by atoms with E-state index in [1.807, 2.05) is 18.7 Å². The van der Waals surface area contributed by atoms with Crippen molar-refractivity contribution >= 4 is 52.7 Å². The molecular formula is C20H18Cl2F3N3O2S. The molecule has 31 heavy (non-hydrogen) atoms. The van der Waals surface area contributed by atoms with Crippen molar-refractivity contribution in [1.29, 1.82) is 0 Å². The number of nitrogens with zero attached hydrogens (tertiary/aromatic N) is 3. The largest absolute Gasteiger partial charge is 0.446 e. The molecule has 0 bridgehead atoms. The van der Waals surface area contributed by atoms with Crippen molar-refractivity contribution in [3.05, 3.63) is 52.3 Å². The van der Waals surface area contributed by atoms with E-state index in [0.717, 1.165) is 5.56 Å². The molecule has 1 aromatic carbocycles. The van der Waals surface area contributed by atoms with Crippen LogP contribution in [0.2, 0.25) is 10.2 Å². The number of carbonyl (C=O) groups is 2. The van der Waals surface area contributed by atoms with E-state index in [2.05, 4.69) is 4.98 Å². The second kappa shape index (κ2) is 8.97. The quantitative estimate of drug-likeness (QED) is 0.239. The molecular weight excluding hydrogens is 474 g/mol. The summed E-state index contributed by atoms with van der Waals surface area (Å²) in [6.45, 7) is 4.33. The number of aromatic nitrogens is 1. The van der Waals surface area contributed by atoms with E-state index in [4.69, 9.17) is 23.2 Å². The number of aldehydes is 1. The lowest BCUT2D eigenvalue weighted by Crippen LogP contribution is -2.51. The minimum absolute atomic E-state index is 0.0886. The topological polar surface area (TPSA) is 53.5 Å². The zero-order chi connectivity index (χ0) is 23.0. The summed E-state index contributed by atoms with van der Waals surface area (Å²) in [5.41, 5.74) is -3.93. The number of hydrogen-bond acceptors (Lipinski definition) is 6. The highest BCUT2D eigenvalue weighted by Crippen LogP contribution is 2.43. The van der Waals surface area contributed by atoms with Gasteiger partial charge in [0.15, 0.2) is 6.29 Å². The molecule has 1 unspecified atom stereocenters. The summed E-state index contributed by atoms with van der Waals surface area (Å²) in [6.07, 6.45) is 1.84. The summed E-state index contributed by atoms with van der Waals surface area (Å²) in [5, 5.41) is 0.241. The fourth-order valence-corrected chi connectivity index (χ4v) is 4.72. The van der Waals surface area contributed by atoms with Crippen molar-refractivity contribution < 1.29 is 22.8 Å².